The lowest BCUT2D eigenvalue weighted by atomic mass is 10.1. The van der Waals surface area contributed by atoms with Crippen molar-refractivity contribution in [1.82, 2.24) is 14.4 Å². The van der Waals surface area contributed by atoms with Crippen LogP contribution in [0, 0.1) is 17.1 Å². The van der Waals surface area contributed by atoms with E-state index in [1.165, 1.54) is 12.3 Å². The molecule has 0 N–H and O–H groups in total. The summed E-state index contributed by atoms with van der Waals surface area (Å²) in [5.74, 6) is -0.0812. The van der Waals surface area contributed by atoms with Crippen LogP contribution in [0.25, 0.3) is 5.65 Å². The van der Waals surface area contributed by atoms with E-state index < -0.39 is 17.5 Å². The molecule has 1 aliphatic carbocycles. The summed E-state index contributed by atoms with van der Waals surface area (Å²) in [6.45, 7) is 0. The number of methoxy groups -OCH3 is 1. The fourth-order valence-electron chi connectivity index (χ4n) is 3.01. The largest absolute Gasteiger partial charge is 0.466 e. The quantitative estimate of drug-likeness (QED) is 0.683. The smallest absolute Gasteiger partial charge is 0.202 e. The molecule has 1 saturated carbocycles. The van der Waals surface area contributed by atoms with Gasteiger partial charge in [-0.1, -0.05) is 11.6 Å². The number of halogens is 2. The summed E-state index contributed by atoms with van der Waals surface area (Å²) in [5, 5.41) is 9.77. The molecule has 0 bridgehead atoms. The molecule has 0 spiro atoms. The van der Waals surface area contributed by atoms with Crippen LogP contribution < -0.4 is 4.74 Å². The average molecular weight is 373 g/mol. The van der Waals surface area contributed by atoms with E-state index in [0.717, 1.165) is 19.0 Å². The van der Waals surface area contributed by atoms with Crippen molar-refractivity contribution in [3.05, 3.63) is 58.9 Å². The molecule has 132 valence electrons. The molecule has 26 heavy (non-hydrogen) atoms. The molecule has 8 heteroatoms. The first-order valence-corrected chi connectivity index (χ1v) is 8.34. The molecule has 3 aromatic heterocycles. The van der Waals surface area contributed by atoms with Gasteiger partial charge in [-0.05, 0) is 25.0 Å². The Morgan fingerprint density at radius 2 is 2.12 bits per heavy atom. The SMILES string of the molecule is COC1(C(Oc2cc(Cl)cc3ncc(C#N)n23)c2ccc(F)cn2)CC1. The lowest BCUT2D eigenvalue weighted by Crippen LogP contribution is -2.29. The Morgan fingerprint density at radius 3 is 2.73 bits per heavy atom. The van der Waals surface area contributed by atoms with Crippen LogP contribution in [0.1, 0.15) is 30.3 Å². The maximum atomic E-state index is 13.3. The molecular weight excluding hydrogens is 359 g/mol. The highest BCUT2D eigenvalue weighted by molar-refractivity contribution is 6.31. The third kappa shape index (κ3) is 2.77. The van der Waals surface area contributed by atoms with Crippen molar-refractivity contribution < 1.29 is 13.9 Å². The molecule has 1 unspecified atom stereocenters. The summed E-state index contributed by atoms with van der Waals surface area (Å²) in [4.78, 5) is 8.34. The topological polar surface area (TPSA) is 72.4 Å². The van der Waals surface area contributed by atoms with E-state index >= 15 is 0 Å². The maximum Gasteiger partial charge on any atom is 0.202 e. The molecule has 0 aliphatic heterocycles. The van der Waals surface area contributed by atoms with Gasteiger partial charge >= 0.3 is 0 Å². The van der Waals surface area contributed by atoms with Gasteiger partial charge in [-0.25, -0.2) is 9.37 Å². The maximum absolute atomic E-state index is 13.3. The number of pyridine rings is 2. The van der Waals surface area contributed by atoms with E-state index in [2.05, 4.69) is 16.0 Å². The zero-order chi connectivity index (χ0) is 18.3. The Kier molecular flexibility index (Phi) is 4.02. The van der Waals surface area contributed by atoms with Gasteiger partial charge in [-0.2, -0.15) is 5.26 Å². The predicted molar refractivity (Wildman–Crippen MR) is 91.5 cm³/mol. The molecule has 0 radical (unpaired) electrons. The Hall–Kier alpha value is -2.69. The molecule has 0 saturated heterocycles. The van der Waals surface area contributed by atoms with E-state index in [9.17, 15) is 9.65 Å². The van der Waals surface area contributed by atoms with Crippen LogP contribution in [-0.2, 0) is 4.74 Å². The van der Waals surface area contributed by atoms with E-state index in [1.54, 1.807) is 29.7 Å². The lowest BCUT2D eigenvalue weighted by molar-refractivity contribution is -0.0244. The van der Waals surface area contributed by atoms with Crippen LogP contribution in [0.2, 0.25) is 5.02 Å². The summed E-state index contributed by atoms with van der Waals surface area (Å²) in [6, 6.07) is 8.23. The number of imidazole rings is 1. The number of rotatable bonds is 5. The first-order valence-electron chi connectivity index (χ1n) is 7.97. The molecule has 0 aromatic carbocycles. The van der Waals surface area contributed by atoms with Crippen LogP contribution in [0.3, 0.4) is 0 Å². The molecule has 1 aliphatic rings. The van der Waals surface area contributed by atoms with Crippen LogP contribution in [0.4, 0.5) is 4.39 Å². The second kappa shape index (κ2) is 6.24. The Labute approximate surface area is 153 Å². The van der Waals surface area contributed by atoms with Crippen LogP contribution >= 0.6 is 11.6 Å². The third-order valence-corrected chi connectivity index (χ3v) is 4.76. The highest BCUT2D eigenvalue weighted by Gasteiger charge is 2.53. The van der Waals surface area contributed by atoms with Crippen molar-refractivity contribution in [1.29, 1.82) is 5.26 Å². The molecule has 1 fully saturated rings. The fraction of sp³-hybridized carbons (Fsp3) is 0.278. The van der Waals surface area contributed by atoms with E-state index in [4.69, 9.17) is 21.1 Å². The number of nitriles is 1. The molecule has 0 amide bonds. The molecular formula is C18H14ClFN4O2. The van der Waals surface area contributed by atoms with E-state index in [1.807, 2.05) is 0 Å². The minimum absolute atomic E-state index is 0.319. The number of hydrogen-bond donors (Lipinski definition) is 0. The first kappa shape index (κ1) is 16.8. The van der Waals surface area contributed by atoms with Gasteiger partial charge in [0.1, 0.15) is 28.8 Å². The molecule has 3 aromatic rings. The Balaban J connectivity index is 1.82. The van der Waals surface area contributed by atoms with Gasteiger partial charge in [-0.3, -0.25) is 9.38 Å². The predicted octanol–water partition coefficient (Wildman–Crippen LogP) is 3.69. The zero-order valence-electron chi connectivity index (χ0n) is 13.8. The Morgan fingerprint density at radius 1 is 1.31 bits per heavy atom. The van der Waals surface area contributed by atoms with Crippen molar-refractivity contribution in [3.63, 3.8) is 0 Å². The van der Waals surface area contributed by atoms with Crippen molar-refractivity contribution in [2.24, 2.45) is 0 Å². The van der Waals surface area contributed by atoms with Gasteiger partial charge < -0.3 is 9.47 Å². The average Bonchev–Trinajstić information content (AvgIpc) is 3.33. The normalized spacial score (nSPS) is 16.2. The second-order valence-electron chi connectivity index (χ2n) is 6.13. The van der Waals surface area contributed by atoms with Crippen molar-refractivity contribution >= 4 is 17.2 Å². The van der Waals surface area contributed by atoms with Gasteiger partial charge in [0.2, 0.25) is 5.88 Å². The lowest BCUT2D eigenvalue weighted by Gasteiger charge is -2.27. The third-order valence-electron chi connectivity index (χ3n) is 4.54. The minimum atomic E-state index is -0.580. The minimum Gasteiger partial charge on any atom is -0.466 e. The van der Waals surface area contributed by atoms with E-state index in [0.29, 0.717) is 27.9 Å². The fourth-order valence-corrected chi connectivity index (χ4v) is 3.20. The summed E-state index contributed by atoms with van der Waals surface area (Å²) < 4.78 is 26.8. The van der Waals surface area contributed by atoms with Crippen LogP contribution in [-0.4, -0.2) is 27.1 Å². The van der Waals surface area contributed by atoms with Crippen molar-refractivity contribution in [2.75, 3.05) is 7.11 Å². The number of nitrogens with zero attached hydrogens (tertiary/aromatic N) is 4. The summed E-state index contributed by atoms with van der Waals surface area (Å²) in [7, 11) is 1.61. The second-order valence-corrected chi connectivity index (χ2v) is 6.57. The number of aromatic nitrogens is 3. The number of hydrogen-bond acceptors (Lipinski definition) is 5. The van der Waals surface area contributed by atoms with Crippen molar-refractivity contribution in [3.8, 4) is 11.9 Å². The summed E-state index contributed by atoms with van der Waals surface area (Å²) in [5.41, 5.74) is 0.807. The zero-order valence-corrected chi connectivity index (χ0v) is 14.6. The molecule has 6 nitrogen and oxygen atoms in total. The number of fused-ring (bicyclic) bond motifs is 1. The standard InChI is InChI=1S/C18H14ClFN4O2/c1-25-18(4-5-18)17(14-3-2-12(20)9-22-14)26-16-7-11(19)6-15-23-10-13(8-21)24(15)16/h2-3,6-7,9-10,17H,4-5H2,1H3. The van der Waals surface area contributed by atoms with Gasteiger partial charge in [0, 0.05) is 24.3 Å². The van der Waals surface area contributed by atoms with Gasteiger partial charge in [0.25, 0.3) is 0 Å². The highest BCUT2D eigenvalue weighted by Crippen LogP contribution is 2.50. The molecule has 4 rings (SSSR count). The monoisotopic (exact) mass is 372 g/mol. The van der Waals surface area contributed by atoms with Crippen molar-refractivity contribution in [2.45, 2.75) is 24.5 Å². The van der Waals surface area contributed by atoms with Gasteiger partial charge in [-0.15, -0.1) is 0 Å². The van der Waals surface area contributed by atoms with Gasteiger partial charge in [0.05, 0.1) is 18.1 Å². The van der Waals surface area contributed by atoms with Crippen LogP contribution in [0.5, 0.6) is 5.88 Å². The summed E-state index contributed by atoms with van der Waals surface area (Å²) >= 11 is 6.18. The first-order chi connectivity index (χ1) is 12.6. The molecule has 1 atom stereocenters. The summed E-state index contributed by atoms with van der Waals surface area (Å²) in [6.07, 6.45) is 3.58. The number of ether oxygens (including phenoxy) is 2. The Bertz CT molecular complexity index is 1010. The van der Waals surface area contributed by atoms with Crippen LogP contribution in [0.15, 0.2) is 36.7 Å². The van der Waals surface area contributed by atoms with E-state index in [-0.39, 0.29) is 0 Å². The highest BCUT2D eigenvalue weighted by atomic mass is 35.5. The molecule has 3 heterocycles. The van der Waals surface area contributed by atoms with Gasteiger partial charge in [0.15, 0.2) is 6.10 Å².